The van der Waals surface area contributed by atoms with Crippen LogP contribution in [0, 0.1) is 0 Å². The van der Waals surface area contributed by atoms with Crippen molar-refractivity contribution >= 4 is 114 Å². The lowest BCUT2D eigenvalue weighted by Crippen LogP contribution is -2.14. The molecule has 0 spiro atoms. The number of hydrogen-bond donors (Lipinski definition) is 0. The summed E-state index contributed by atoms with van der Waals surface area (Å²) in [6.07, 6.45) is 0. The van der Waals surface area contributed by atoms with E-state index in [2.05, 4.69) is 239 Å². The molecule has 2 aromatic heterocycles. The molecule has 280 valence electrons. The summed E-state index contributed by atoms with van der Waals surface area (Å²) in [6.45, 7) is 0. The molecule has 11 aromatic rings. The van der Waals surface area contributed by atoms with Gasteiger partial charge in [-0.15, -0.1) is 22.7 Å². The minimum Gasteiger partial charge on any atom is -0.310 e. The van der Waals surface area contributed by atoms with Gasteiger partial charge in [-0.2, -0.15) is 0 Å². The van der Waals surface area contributed by atoms with E-state index in [1.807, 2.05) is 22.7 Å². The molecule has 0 aliphatic rings. The van der Waals surface area contributed by atoms with Gasteiger partial charge in [0.05, 0.1) is 17.1 Å². The topological polar surface area (TPSA) is 9.72 Å². The maximum Gasteiger partial charge on any atom is 0.0575 e. The summed E-state index contributed by atoms with van der Waals surface area (Å²) >= 11 is 3.71. The Morgan fingerprint density at radius 3 is 1.14 bits per heavy atom. The van der Waals surface area contributed by atoms with Gasteiger partial charge in [-0.3, -0.25) is 0 Å². The largest absolute Gasteiger partial charge is 0.310 e. The van der Waals surface area contributed by atoms with E-state index in [9.17, 15) is 0 Å². The Morgan fingerprint density at radius 2 is 0.627 bits per heavy atom. The molecular weight excluding hydrogens is 755 g/mol. The van der Waals surface area contributed by atoms with E-state index in [1.54, 1.807) is 0 Å². The van der Waals surface area contributed by atoms with Gasteiger partial charge < -0.3 is 14.7 Å². The van der Waals surface area contributed by atoms with Gasteiger partial charge in [0.2, 0.25) is 0 Å². The lowest BCUT2D eigenvalue weighted by Gasteiger charge is -2.31. The van der Waals surface area contributed by atoms with Crippen molar-refractivity contribution in [3.8, 4) is 0 Å². The fraction of sp³-hybridized carbons (Fsp3) is 0. The summed E-state index contributed by atoms with van der Waals surface area (Å²) in [4.78, 5) is 7.30. The first-order valence-electron chi connectivity index (χ1n) is 19.9. The average molecular weight is 792 g/mol. The first-order valence-corrected chi connectivity index (χ1v) is 21.5. The van der Waals surface area contributed by atoms with Crippen molar-refractivity contribution in [2.75, 3.05) is 14.7 Å². The molecular formula is C54H37N3S2. The van der Waals surface area contributed by atoms with Crippen LogP contribution >= 0.6 is 22.7 Å². The normalized spacial score (nSPS) is 11.4. The minimum absolute atomic E-state index is 1.10. The first-order chi connectivity index (χ1) is 29.3. The van der Waals surface area contributed by atoms with Crippen molar-refractivity contribution in [1.82, 2.24) is 0 Å². The van der Waals surface area contributed by atoms with Gasteiger partial charge in [0, 0.05) is 74.5 Å². The Labute approximate surface area is 351 Å². The first kappa shape index (κ1) is 35.0. The summed E-state index contributed by atoms with van der Waals surface area (Å²) in [7, 11) is 0. The van der Waals surface area contributed by atoms with Gasteiger partial charge in [-0.05, 0) is 103 Å². The molecule has 2 heterocycles. The molecule has 0 fully saturated rings. The van der Waals surface area contributed by atoms with Crippen molar-refractivity contribution in [1.29, 1.82) is 0 Å². The van der Waals surface area contributed by atoms with Crippen LogP contribution in [0.25, 0.3) is 40.3 Å². The van der Waals surface area contributed by atoms with Gasteiger partial charge in [0.1, 0.15) is 0 Å². The van der Waals surface area contributed by atoms with Gasteiger partial charge in [-0.1, -0.05) is 121 Å². The van der Waals surface area contributed by atoms with Crippen molar-refractivity contribution < 1.29 is 0 Å². The van der Waals surface area contributed by atoms with Crippen LogP contribution in [0.1, 0.15) is 0 Å². The molecule has 0 radical (unpaired) electrons. The van der Waals surface area contributed by atoms with Crippen molar-refractivity contribution in [3.63, 3.8) is 0 Å². The van der Waals surface area contributed by atoms with E-state index in [4.69, 9.17) is 0 Å². The summed E-state index contributed by atoms with van der Waals surface area (Å²) < 4.78 is 4.99. The second-order valence-electron chi connectivity index (χ2n) is 14.5. The van der Waals surface area contributed by atoms with E-state index in [0.717, 1.165) is 51.2 Å². The van der Waals surface area contributed by atoms with E-state index in [0.29, 0.717) is 0 Å². The van der Waals surface area contributed by atoms with Crippen LogP contribution in [0.2, 0.25) is 0 Å². The van der Waals surface area contributed by atoms with Crippen LogP contribution in [0.3, 0.4) is 0 Å². The molecule has 9 aromatic carbocycles. The number of rotatable bonds is 9. The van der Waals surface area contributed by atoms with Crippen LogP contribution < -0.4 is 14.7 Å². The van der Waals surface area contributed by atoms with Crippen molar-refractivity contribution in [3.05, 3.63) is 224 Å². The summed E-state index contributed by atoms with van der Waals surface area (Å²) in [5, 5.41) is 4.95. The van der Waals surface area contributed by atoms with E-state index < -0.39 is 0 Å². The van der Waals surface area contributed by atoms with Crippen molar-refractivity contribution in [2.24, 2.45) is 0 Å². The number of fused-ring (bicyclic) bond motifs is 6. The molecule has 3 nitrogen and oxygen atoms in total. The van der Waals surface area contributed by atoms with Gasteiger partial charge in [0.15, 0.2) is 0 Å². The zero-order valence-electron chi connectivity index (χ0n) is 32.0. The molecule has 0 atom stereocenters. The quantitative estimate of drug-likeness (QED) is 0.144. The van der Waals surface area contributed by atoms with E-state index in [1.165, 1.54) is 40.3 Å². The number of benzene rings is 9. The molecule has 0 unspecified atom stereocenters. The molecule has 0 aliphatic carbocycles. The maximum atomic E-state index is 2.51. The number of para-hydroxylation sites is 5. The third-order valence-electron chi connectivity index (χ3n) is 11.0. The second-order valence-corrected chi connectivity index (χ2v) is 16.7. The van der Waals surface area contributed by atoms with Crippen LogP contribution in [-0.2, 0) is 0 Å². The average Bonchev–Trinajstić information content (AvgIpc) is 3.88. The van der Waals surface area contributed by atoms with Gasteiger partial charge >= 0.3 is 0 Å². The standard InChI is InChI=1S/C54H37N3S2/c1-6-20-38(21-7-1)55(39-22-8-2-9-23-39)43-36-47(52-44-30-16-17-33-48(44)58-51(52)37-43)57(42-28-14-5-15-29-42)46-32-19-35-50-54(46)53-45(31-18-34-49(53)59-50)56(40-24-10-3-11-25-40)41-26-12-4-13-27-41/h1-37H. The molecule has 0 saturated heterocycles. The Bertz CT molecular complexity index is 3140. The van der Waals surface area contributed by atoms with Crippen LogP contribution in [-0.4, -0.2) is 0 Å². The number of nitrogens with zero attached hydrogens (tertiary/aromatic N) is 3. The SMILES string of the molecule is c1ccc(N(c2ccccc2)c2cc(N(c3ccccc3)c3cccc4sc5cccc(N(c6ccccc6)c6ccccc6)c5c34)c3c(c2)sc2ccccc23)cc1. The third-order valence-corrected chi connectivity index (χ3v) is 13.2. The predicted molar refractivity (Wildman–Crippen MR) is 256 cm³/mol. The lowest BCUT2D eigenvalue weighted by molar-refractivity contribution is 1.27. The maximum absolute atomic E-state index is 2.51. The predicted octanol–water partition coefficient (Wildman–Crippen LogP) is 16.8. The van der Waals surface area contributed by atoms with Crippen LogP contribution in [0.15, 0.2) is 224 Å². The molecule has 0 amide bonds. The number of anilines is 9. The summed E-state index contributed by atoms with van der Waals surface area (Å²) in [5.74, 6) is 0. The highest BCUT2D eigenvalue weighted by Gasteiger charge is 2.26. The highest BCUT2D eigenvalue weighted by Crippen LogP contribution is 2.53. The second kappa shape index (κ2) is 15.0. The number of thiophene rings is 2. The fourth-order valence-corrected chi connectivity index (χ4v) is 10.8. The minimum atomic E-state index is 1.10. The molecule has 5 heteroatoms. The van der Waals surface area contributed by atoms with E-state index >= 15 is 0 Å². The van der Waals surface area contributed by atoms with Crippen LogP contribution in [0.5, 0.6) is 0 Å². The monoisotopic (exact) mass is 791 g/mol. The highest BCUT2D eigenvalue weighted by molar-refractivity contribution is 7.26. The van der Waals surface area contributed by atoms with Gasteiger partial charge in [0.25, 0.3) is 0 Å². The van der Waals surface area contributed by atoms with Gasteiger partial charge in [-0.25, -0.2) is 0 Å². The Balaban J connectivity index is 1.24. The highest BCUT2D eigenvalue weighted by atomic mass is 32.1. The smallest absolute Gasteiger partial charge is 0.0575 e. The molecule has 0 N–H and O–H groups in total. The molecule has 0 bridgehead atoms. The molecule has 0 aliphatic heterocycles. The van der Waals surface area contributed by atoms with Crippen molar-refractivity contribution in [2.45, 2.75) is 0 Å². The van der Waals surface area contributed by atoms with E-state index in [-0.39, 0.29) is 0 Å². The zero-order valence-corrected chi connectivity index (χ0v) is 33.7. The Hall–Kier alpha value is -7.18. The number of hydrogen-bond acceptors (Lipinski definition) is 5. The third kappa shape index (κ3) is 6.20. The fourth-order valence-electron chi connectivity index (χ4n) is 8.49. The Morgan fingerprint density at radius 1 is 0.237 bits per heavy atom. The Kier molecular flexibility index (Phi) is 8.88. The summed E-state index contributed by atoms with van der Waals surface area (Å²) in [6, 6.07) is 81.0. The molecule has 59 heavy (non-hydrogen) atoms. The lowest BCUT2D eigenvalue weighted by atomic mass is 10.0. The molecule has 0 saturated carbocycles. The summed E-state index contributed by atoms with van der Waals surface area (Å²) in [5.41, 5.74) is 10.0. The zero-order chi connectivity index (χ0) is 39.1. The molecule has 11 rings (SSSR count). The van der Waals surface area contributed by atoms with Crippen LogP contribution in [0.4, 0.5) is 51.2 Å².